The van der Waals surface area contributed by atoms with Gasteiger partial charge in [-0.1, -0.05) is 35.9 Å². The third-order valence-corrected chi connectivity index (χ3v) is 3.57. The van der Waals surface area contributed by atoms with Crippen molar-refractivity contribution in [2.75, 3.05) is 0 Å². The highest BCUT2D eigenvalue weighted by Gasteiger charge is 2.18. The maximum absolute atomic E-state index is 11.6. The lowest BCUT2D eigenvalue weighted by atomic mass is 9.81. The Hall–Kier alpha value is -1.57. The second kappa shape index (κ2) is 6.55. The summed E-state index contributed by atoms with van der Waals surface area (Å²) in [5, 5.41) is 0. The Labute approximate surface area is 115 Å². The van der Waals surface area contributed by atoms with E-state index < -0.39 is 0 Å². The minimum atomic E-state index is -0.192. The van der Waals surface area contributed by atoms with Crippen LogP contribution < -0.4 is 0 Å². The summed E-state index contributed by atoms with van der Waals surface area (Å²) in [6, 6.07) is 10.7. The van der Waals surface area contributed by atoms with Crippen LogP contribution in [0.15, 0.2) is 42.0 Å². The summed E-state index contributed by atoms with van der Waals surface area (Å²) in [7, 11) is 0. The van der Waals surface area contributed by atoms with Crippen LogP contribution in [-0.2, 0) is 9.53 Å². The standard InChI is InChI=1S/C17H22O2/c1-13(2)19-17(18)12-14-8-10-16(11-9-14)15-6-4-3-5-7-15/h3-7,12-13,16H,8-11H2,1-2H3. The van der Waals surface area contributed by atoms with Gasteiger partial charge in [-0.2, -0.15) is 0 Å². The van der Waals surface area contributed by atoms with Crippen LogP contribution in [0.1, 0.15) is 51.0 Å². The minimum absolute atomic E-state index is 0.0370. The number of allylic oxidation sites excluding steroid dienone is 1. The predicted octanol–water partition coefficient (Wildman–Crippen LogP) is 4.22. The van der Waals surface area contributed by atoms with Crippen LogP contribution in [0, 0.1) is 0 Å². The van der Waals surface area contributed by atoms with Gasteiger partial charge in [0, 0.05) is 6.08 Å². The quantitative estimate of drug-likeness (QED) is 0.599. The van der Waals surface area contributed by atoms with Crippen LogP contribution in [0.3, 0.4) is 0 Å². The van der Waals surface area contributed by atoms with E-state index >= 15 is 0 Å². The number of hydrogen-bond acceptors (Lipinski definition) is 2. The van der Waals surface area contributed by atoms with Gasteiger partial charge in [0.25, 0.3) is 0 Å². The molecule has 0 amide bonds. The van der Waals surface area contributed by atoms with E-state index in [4.69, 9.17) is 4.74 Å². The van der Waals surface area contributed by atoms with Crippen molar-refractivity contribution in [1.82, 2.24) is 0 Å². The van der Waals surface area contributed by atoms with Crippen LogP contribution in [0.2, 0.25) is 0 Å². The molecule has 1 aromatic rings. The summed E-state index contributed by atoms with van der Waals surface area (Å²) >= 11 is 0. The zero-order chi connectivity index (χ0) is 13.7. The fraction of sp³-hybridized carbons (Fsp3) is 0.471. The maximum atomic E-state index is 11.6. The molecule has 0 bridgehead atoms. The van der Waals surface area contributed by atoms with Crippen molar-refractivity contribution in [2.45, 2.75) is 51.6 Å². The van der Waals surface area contributed by atoms with E-state index in [1.54, 1.807) is 6.08 Å². The Morgan fingerprint density at radius 1 is 1.21 bits per heavy atom. The fourth-order valence-electron chi connectivity index (χ4n) is 2.62. The van der Waals surface area contributed by atoms with Gasteiger partial charge in [-0.05, 0) is 51.0 Å². The lowest BCUT2D eigenvalue weighted by Crippen LogP contribution is -2.11. The molecule has 2 rings (SSSR count). The number of carbonyl (C=O) groups is 1. The van der Waals surface area contributed by atoms with Gasteiger partial charge in [-0.3, -0.25) is 0 Å². The highest BCUT2D eigenvalue weighted by molar-refractivity contribution is 5.82. The Bertz CT molecular complexity index is 436. The fourth-order valence-corrected chi connectivity index (χ4v) is 2.62. The predicted molar refractivity (Wildman–Crippen MR) is 77.0 cm³/mol. The normalized spacial score (nSPS) is 19.3. The topological polar surface area (TPSA) is 26.3 Å². The van der Waals surface area contributed by atoms with Gasteiger partial charge < -0.3 is 4.74 Å². The maximum Gasteiger partial charge on any atom is 0.330 e. The van der Waals surface area contributed by atoms with Gasteiger partial charge in [-0.15, -0.1) is 0 Å². The van der Waals surface area contributed by atoms with E-state index in [2.05, 4.69) is 30.3 Å². The molecule has 1 fully saturated rings. The number of hydrogen-bond donors (Lipinski definition) is 0. The molecule has 2 nitrogen and oxygen atoms in total. The molecule has 0 atom stereocenters. The zero-order valence-corrected chi connectivity index (χ0v) is 11.8. The Balaban J connectivity index is 1.89. The number of rotatable bonds is 3. The van der Waals surface area contributed by atoms with Gasteiger partial charge in [-0.25, -0.2) is 4.79 Å². The number of carbonyl (C=O) groups excluding carboxylic acids is 1. The van der Waals surface area contributed by atoms with Crippen LogP contribution in [0.4, 0.5) is 0 Å². The van der Waals surface area contributed by atoms with E-state index in [1.165, 1.54) is 11.1 Å². The van der Waals surface area contributed by atoms with E-state index in [9.17, 15) is 4.79 Å². The molecule has 0 radical (unpaired) electrons. The highest BCUT2D eigenvalue weighted by Crippen LogP contribution is 2.35. The molecule has 19 heavy (non-hydrogen) atoms. The first kappa shape index (κ1) is 13.9. The molecule has 1 aromatic carbocycles. The van der Waals surface area contributed by atoms with Gasteiger partial charge in [0.15, 0.2) is 0 Å². The van der Waals surface area contributed by atoms with E-state index in [-0.39, 0.29) is 12.1 Å². The summed E-state index contributed by atoms with van der Waals surface area (Å²) in [4.78, 5) is 11.6. The first-order valence-corrected chi connectivity index (χ1v) is 7.10. The molecule has 0 unspecified atom stereocenters. The summed E-state index contributed by atoms with van der Waals surface area (Å²) < 4.78 is 5.15. The smallest absolute Gasteiger partial charge is 0.330 e. The zero-order valence-electron chi connectivity index (χ0n) is 11.8. The third kappa shape index (κ3) is 4.23. The van der Waals surface area contributed by atoms with Crippen LogP contribution in [0.25, 0.3) is 0 Å². The molecule has 0 aliphatic heterocycles. The van der Waals surface area contributed by atoms with E-state index in [0.29, 0.717) is 5.92 Å². The number of benzene rings is 1. The Morgan fingerprint density at radius 2 is 1.84 bits per heavy atom. The lowest BCUT2D eigenvalue weighted by Gasteiger charge is -2.24. The second-order valence-corrected chi connectivity index (χ2v) is 5.47. The Morgan fingerprint density at radius 3 is 2.42 bits per heavy atom. The van der Waals surface area contributed by atoms with Gasteiger partial charge >= 0.3 is 5.97 Å². The molecule has 2 heteroatoms. The molecule has 0 saturated heterocycles. The molecule has 0 N–H and O–H groups in total. The van der Waals surface area contributed by atoms with Gasteiger partial charge in [0.2, 0.25) is 0 Å². The molecule has 1 saturated carbocycles. The third-order valence-electron chi connectivity index (χ3n) is 3.57. The van der Waals surface area contributed by atoms with Crippen molar-refractivity contribution in [2.24, 2.45) is 0 Å². The van der Waals surface area contributed by atoms with E-state index in [0.717, 1.165) is 25.7 Å². The second-order valence-electron chi connectivity index (χ2n) is 5.47. The summed E-state index contributed by atoms with van der Waals surface area (Å²) in [5.41, 5.74) is 2.66. The molecule has 1 aliphatic carbocycles. The summed E-state index contributed by atoms with van der Waals surface area (Å²) in [6.45, 7) is 3.76. The van der Waals surface area contributed by atoms with Crippen LogP contribution in [0.5, 0.6) is 0 Å². The Kier molecular flexibility index (Phi) is 4.78. The van der Waals surface area contributed by atoms with Crippen molar-refractivity contribution < 1.29 is 9.53 Å². The van der Waals surface area contributed by atoms with Crippen molar-refractivity contribution in [3.63, 3.8) is 0 Å². The van der Waals surface area contributed by atoms with E-state index in [1.807, 2.05) is 13.8 Å². The largest absolute Gasteiger partial charge is 0.460 e. The summed E-state index contributed by atoms with van der Waals surface area (Å²) in [6.07, 6.45) is 5.93. The first-order chi connectivity index (χ1) is 9.15. The SMILES string of the molecule is CC(C)OC(=O)C=C1CCC(c2ccccc2)CC1. The number of ether oxygens (including phenoxy) is 1. The molecular weight excluding hydrogens is 236 g/mol. The average Bonchev–Trinajstić information content (AvgIpc) is 2.39. The molecule has 0 spiro atoms. The van der Waals surface area contributed by atoms with Crippen molar-refractivity contribution >= 4 is 5.97 Å². The molecule has 1 aliphatic rings. The highest BCUT2D eigenvalue weighted by atomic mass is 16.5. The van der Waals surface area contributed by atoms with Crippen molar-refractivity contribution in [1.29, 1.82) is 0 Å². The molecular formula is C17H22O2. The minimum Gasteiger partial charge on any atom is -0.460 e. The van der Waals surface area contributed by atoms with Gasteiger partial charge in [0.05, 0.1) is 6.10 Å². The number of esters is 1. The van der Waals surface area contributed by atoms with Gasteiger partial charge in [0.1, 0.15) is 0 Å². The van der Waals surface area contributed by atoms with Crippen LogP contribution >= 0.6 is 0 Å². The summed E-state index contributed by atoms with van der Waals surface area (Å²) in [5.74, 6) is 0.447. The molecule has 0 heterocycles. The lowest BCUT2D eigenvalue weighted by molar-refractivity contribution is -0.141. The average molecular weight is 258 g/mol. The van der Waals surface area contributed by atoms with Crippen molar-refractivity contribution in [3.8, 4) is 0 Å². The molecule has 102 valence electrons. The first-order valence-electron chi connectivity index (χ1n) is 7.10. The van der Waals surface area contributed by atoms with Crippen LogP contribution in [-0.4, -0.2) is 12.1 Å². The van der Waals surface area contributed by atoms with Crippen molar-refractivity contribution in [3.05, 3.63) is 47.5 Å². The monoisotopic (exact) mass is 258 g/mol. The molecule has 0 aromatic heterocycles.